The van der Waals surface area contributed by atoms with Gasteiger partial charge in [0.15, 0.2) is 0 Å². The van der Waals surface area contributed by atoms with Crippen LogP contribution in [0.15, 0.2) is 18.5 Å². The lowest BCUT2D eigenvalue weighted by Gasteiger charge is -2.30. The number of thiophene rings is 1. The van der Waals surface area contributed by atoms with Crippen molar-refractivity contribution in [1.29, 1.82) is 0 Å². The third-order valence-corrected chi connectivity index (χ3v) is 8.01. The lowest BCUT2D eigenvalue weighted by Crippen LogP contribution is -2.39. The topological polar surface area (TPSA) is 96.5 Å². The Hall–Kier alpha value is -2.56. The van der Waals surface area contributed by atoms with Crippen molar-refractivity contribution in [1.82, 2.24) is 20.2 Å². The van der Waals surface area contributed by atoms with Gasteiger partial charge in [0, 0.05) is 42.2 Å². The SMILES string of the molecule is CC[C@@H](C)NCCC(=O)Nc1sc2c(c1-c1nc3cnccc3s1)CCN(C(=O)OC(C)(C)C)C2. The van der Waals surface area contributed by atoms with Crippen molar-refractivity contribution in [3.8, 4) is 10.6 Å². The Labute approximate surface area is 214 Å². The largest absolute Gasteiger partial charge is 0.444 e. The van der Waals surface area contributed by atoms with Crippen molar-refractivity contribution in [3.05, 3.63) is 28.9 Å². The summed E-state index contributed by atoms with van der Waals surface area (Å²) in [4.78, 5) is 37.3. The Bertz CT molecular complexity index is 1180. The molecule has 0 spiro atoms. The second-order valence-electron chi connectivity index (χ2n) is 9.78. The van der Waals surface area contributed by atoms with Crippen molar-refractivity contribution in [3.63, 3.8) is 0 Å². The molecule has 2 amide bonds. The average Bonchev–Trinajstić information content (AvgIpc) is 3.37. The quantitative estimate of drug-likeness (QED) is 0.436. The molecule has 0 aliphatic carbocycles. The van der Waals surface area contributed by atoms with E-state index in [0.717, 1.165) is 42.7 Å². The van der Waals surface area contributed by atoms with E-state index in [2.05, 4.69) is 29.5 Å². The highest BCUT2D eigenvalue weighted by Gasteiger charge is 2.31. The summed E-state index contributed by atoms with van der Waals surface area (Å²) in [6.07, 6.45) is 5.30. The van der Waals surface area contributed by atoms with Crippen LogP contribution in [0.5, 0.6) is 0 Å². The molecule has 1 atom stereocenters. The van der Waals surface area contributed by atoms with E-state index in [0.29, 0.717) is 38.5 Å². The zero-order chi connectivity index (χ0) is 25.2. The number of anilines is 1. The van der Waals surface area contributed by atoms with E-state index in [4.69, 9.17) is 9.72 Å². The fourth-order valence-corrected chi connectivity index (χ4v) is 6.21. The first-order valence-corrected chi connectivity index (χ1v) is 13.6. The van der Waals surface area contributed by atoms with Gasteiger partial charge in [0.05, 0.1) is 17.4 Å². The summed E-state index contributed by atoms with van der Waals surface area (Å²) in [6.45, 7) is 11.5. The molecule has 35 heavy (non-hydrogen) atoms. The standard InChI is InChI=1S/C25H33N5O3S2/c1-6-15(2)27-11-8-20(31)29-23-21(22-28-17-13-26-10-7-18(17)34-22)16-9-12-30(14-19(16)35-23)24(32)33-25(3,4)5/h7,10,13,15,27H,6,8-9,11-12,14H2,1-5H3,(H,29,31)/t15-/m1/s1. The Morgan fingerprint density at radius 2 is 2.09 bits per heavy atom. The lowest BCUT2D eigenvalue weighted by atomic mass is 10.0. The molecular formula is C25H33N5O3S2. The molecule has 10 heteroatoms. The molecule has 0 saturated heterocycles. The number of ether oxygens (including phenoxy) is 1. The minimum absolute atomic E-state index is 0.0348. The van der Waals surface area contributed by atoms with Crippen molar-refractivity contribution < 1.29 is 14.3 Å². The van der Waals surface area contributed by atoms with Gasteiger partial charge in [-0.15, -0.1) is 22.7 Å². The van der Waals surface area contributed by atoms with Gasteiger partial charge in [-0.3, -0.25) is 9.78 Å². The van der Waals surface area contributed by atoms with Gasteiger partial charge in [-0.05, 0) is 52.2 Å². The van der Waals surface area contributed by atoms with Gasteiger partial charge in [0.2, 0.25) is 5.91 Å². The third kappa shape index (κ3) is 6.17. The van der Waals surface area contributed by atoms with E-state index in [1.807, 2.05) is 26.8 Å². The second-order valence-corrected chi connectivity index (χ2v) is 11.9. The van der Waals surface area contributed by atoms with Gasteiger partial charge in [-0.1, -0.05) is 6.92 Å². The molecule has 0 unspecified atom stereocenters. The molecular weight excluding hydrogens is 482 g/mol. The average molecular weight is 516 g/mol. The third-order valence-electron chi connectivity index (χ3n) is 5.82. The summed E-state index contributed by atoms with van der Waals surface area (Å²) < 4.78 is 6.64. The Morgan fingerprint density at radius 1 is 1.29 bits per heavy atom. The fraction of sp³-hybridized carbons (Fsp3) is 0.520. The second kappa shape index (κ2) is 10.6. The number of fused-ring (bicyclic) bond motifs is 2. The van der Waals surface area contributed by atoms with Crippen molar-refractivity contribution in [2.24, 2.45) is 0 Å². The van der Waals surface area contributed by atoms with E-state index >= 15 is 0 Å². The highest BCUT2D eigenvalue weighted by Crippen LogP contribution is 2.45. The van der Waals surface area contributed by atoms with Crippen LogP contribution >= 0.6 is 22.7 Å². The molecule has 8 nitrogen and oxygen atoms in total. The van der Waals surface area contributed by atoms with Crippen molar-refractivity contribution in [2.75, 3.05) is 18.4 Å². The number of nitrogens with zero attached hydrogens (tertiary/aromatic N) is 3. The number of nitrogens with one attached hydrogen (secondary N) is 2. The number of rotatable bonds is 7. The molecule has 0 fully saturated rings. The maximum atomic E-state index is 12.8. The zero-order valence-electron chi connectivity index (χ0n) is 20.9. The van der Waals surface area contributed by atoms with Crippen LogP contribution < -0.4 is 10.6 Å². The first-order valence-electron chi connectivity index (χ1n) is 12.0. The molecule has 1 aliphatic heterocycles. The number of aromatic nitrogens is 2. The first-order chi connectivity index (χ1) is 16.6. The molecule has 0 saturated carbocycles. The molecule has 3 aromatic rings. The summed E-state index contributed by atoms with van der Waals surface area (Å²) in [5.74, 6) is -0.0348. The van der Waals surface area contributed by atoms with E-state index in [1.54, 1.807) is 28.6 Å². The number of thiazole rings is 1. The molecule has 0 bridgehead atoms. The summed E-state index contributed by atoms with van der Waals surface area (Å²) in [7, 11) is 0. The number of pyridine rings is 1. The number of amides is 2. The molecule has 2 N–H and O–H groups in total. The van der Waals surface area contributed by atoms with Gasteiger partial charge < -0.3 is 20.3 Å². The highest BCUT2D eigenvalue weighted by atomic mass is 32.1. The predicted molar refractivity (Wildman–Crippen MR) is 142 cm³/mol. The minimum atomic E-state index is -0.546. The highest BCUT2D eigenvalue weighted by molar-refractivity contribution is 7.22. The number of carbonyl (C=O) groups excluding carboxylic acids is 2. The van der Waals surface area contributed by atoms with E-state index in [9.17, 15) is 9.59 Å². The Morgan fingerprint density at radius 3 is 2.80 bits per heavy atom. The van der Waals surface area contributed by atoms with Crippen LogP contribution in [0, 0.1) is 0 Å². The maximum absolute atomic E-state index is 12.8. The van der Waals surface area contributed by atoms with Gasteiger partial charge in [0.25, 0.3) is 0 Å². The van der Waals surface area contributed by atoms with Gasteiger partial charge in [0.1, 0.15) is 21.1 Å². The lowest BCUT2D eigenvalue weighted by molar-refractivity contribution is -0.116. The van der Waals surface area contributed by atoms with Crippen LogP contribution in [0.25, 0.3) is 20.8 Å². The van der Waals surface area contributed by atoms with E-state index < -0.39 is 5.60 Å². The van der Waals surface area contributed by atoms with Gasteiger partial charge >= 0.3 is 6.09 Å². The Balaban J connectivity index is 1.61. The van der Waals surface area contributed by atoms with Crippen LogP contribution in [-0.2, 0) is 22.5 Å². The molecule has 3 aromatic heterocycles. The van der Waals surface area contributed by atoms with Crippen LogP contribution in [0.3, 0.4) is 0 Å². The molecule has 1 aliphatic rings. The number of carbonyl (C=O) groups is 2. The first kappa shape index (κ1) is 25.5. The summed E-state index contributed by atoms with van der Waals surface area (Å²) in [5, 5.41) is 8.16. The van der Waals surface area contributed by atoms with Gasteiger partial charge in [-0.25, -0.2) is 9.78 Å². The molecule has 188 valence electrons. The summed E-state index contributed by atoms with van der Waals surface area (Å²) in [6, 6.07) is 2.33. The van der Waals surface area contributed by atoms with E-state index in [-0.39, 0.29) is 12.0 Å². The molecule has 4 rings (SSSR count). The minimum Gasteiger partial charge on any atom is -0.444 e. The van der Waals surface area contributed by atoms with Crippen LogP contribution in [0.2, 0.25) is 0 Å². The monoisotopic (exact) mass is 515 g/mol. The summed E-state index contributed by atoms with van der Waals surface area (Å²) in [5.41, 5.74) is 2.41. The zero-order valence-corrected chi connectivity index (χ0v) is 22.6. The number of hydrogen-bond acceptors (Lipinski definition) is 8. The fourth-order valence-electron chi connectivity index (χ4n) is 3.85. The molecule has 4 heterocycles. The van der Waals surface area contributed by atoms with Gasteiger partial charge in [-0.2, -0.15) is 0 Å². The molecule has 0 aromatic carbocycles. The van der Waals surface area contributed by atoms with Crippen LogP contribution in [0.4, 0.5) is 9.80 Å². The van der Waals surface area contributed by atoms with Crippen molar-refractivity contribution >= 4 is 49.9 Å². The number of hydrogen-bond donors (Lipinski definition) is 2. The normalized spacial score (nSPS) is 14.6. The van der Waals surface area contributed by atoms with Crippen molar-refractivity contribution in [2.45, 2.75) is 72.1 Å². The summed E-state index contributed by atoms with van der Waals surface area (Å²) >= 11 is 3.12. The van der Waals surface area contributed by atoms with Crippen LogP contribution in [-0.4, -0.2) is 51.6 Å². The Kier molecular flexibility index (Phi) is 7.73. The maximum Gasteiger partial charge on any atom is 0.410 e. The molecule has 0 radical (unpaired) electrons. The van der Waals surface area contributed by atoms with E-state index in [1.165, 1.54) is 11.3 Å². The van der Waals surface area contributed by atoms with Crippen LogP contribution in [0.1, 0.15) is 57.9 Å². The smallest absolute Gasteiger partial charge is 0.410 e. The predicted octanol–water partition coefficient (Wildman–Crippen LogP) is 5.43.